The Bertz CT molecular complexity index is 1080. The fourth-order valence-electron chi connectivity index (χ4n) is 5.39. The van der Waals surface area contributed by atoms with Crippen molar-refractivity contribution in [3.63, 3.8) is 0 Å². The molecule has 0 bridgehead atoms. The number of rotatable bonds is 8. The van der Waals surface area contributed by atoms with Crippen molar-refractivity contribution in [3.8, 4) is 0 Å². The van der Waals surface area contributed by atoms with Crippen molar-refractivity contribution in [2.75, 3.05) is 25.0 Å². The van der Waals surface area contributed by atoms with Crippen molar-refractivity contribution in [2.24, 2.45) is 5.92 Å². The summed E-state index contributed by atoms with van der Waals surface area (Å²) in [7, 11) is 0. The van der Waals surface area contributed by atoms with E-state index in [1.807, 2.05) is 42.5 Å². The van der Waals surface area contributed by atoms with Gasteiger partial charge in [-0.3, -0.25) is 9.59 Å². The molecule has 0 radical (unpaired) electrons. The molecule has 1 amide bonds. The van der Waals surface area contributed by atoms with Gasteiger partial charge in [-0.1, -0.05) is 62.6 Å². The van der Waals surface area contributed by atoms with Gasteiger partial charge in [0.15, 0.2) is 12.4 Å². The summed E-state index contributed by atoms with van der Waals surface area (Å²) in [6.07, 6.45) is 4.52. The first-order valence-electron chi connectivity index (χ1n) is 14.1. The van der Waals surface area contributed by atoms with Crippen LogP contribution in [0.25, 0.3) is 0 Å². The Kier molecular flexibility index (Phi) is 10.5. The van der Waals surface area contributed by atoms with E-state index >= 15 is 0 Å². The maximum atomic E-state index is 12.5. The minimum Gasteiger partial charge on any atom is -0.453 e. The molecular weight excluding hydrogens is 496 g/mol. The summed E-state index contributed by atoms with van der Waals surface area (Å²) in [4.78, 5) is 26.3. The molecule has 0 spiro atoms. The number of nitrogens with one attached hydrogen (secondary N) is 1. The lowest BCUT2D eigenvalue weighted by molar-refractivity contribution is -0.276. The molecule has 2 aliphatic rings. The molecule has 0 aliphatic carbocycles. The summed E-state index contributed by atoms with van der Waals surface area (Å²) in [5.41, 5.74) is 3.28. The molecule has 0 unspecified atom stereocenters. The highest BCUT2D eigenvalue weighted by Crippen LogP contribution is 2.42. The smallest absolute Gasteiger partial charge is 0.303 e. The van der Waals surface area contributed by atoms with Crippen LogP contribution in [0.15, 0.2) is 48.5 Å². The van der Waals surface area contributed by atoms with E-state index in [1.54, 1.807) is 6.07 Å². The average Bonchev–Trinajstić information content (AvgIpc) is 2.91. The Morgan fingerprint density at radius 3 is 2.38 bits per heavy atom. The Morgan fingerprint density at radius 1 is 1.03 bits per heavy atom. The van der Waals surface area contributed by atoms with Crippen molar-refractivity contribution in [3.05, 3.63) is 65.2 Å². The van der Waals surface area contributed by atoms with Crippen molar-refractivity contribution in [1.82, 2.24) is 4.90 Å². The maximum absolute atomic E-state index is 12.5. The molecule has 8 nitrogen and oxygen atoms in total. The molecule has 2 aliphatic heterocycles. The van der Waals surface area contributed by atoms with Gasteiger partial charge >= 0.3 is 5.97 Å². The number of amides is 1. The van der Waals surface area contributed by atoms with E-state index in [0.29, 0.717) is 5.69 Å². The number of likely N-dealkylation sites (tertiary alicyclic amines) is 1. The first-order valence-corrected chi connectivity index (χ1v) is 14.1. The summed E-state index contributed by atoms with van der Waals surface area (Å²) >= 11 is 0. The van der Waals surface area contributed by atoms with Gasteiger partial charge in [0.25, 0.3) is 5.91 Å². The third kappa shape index (κ3) is 8.11. The number of hydrogen-bond donors (Lipinski definition) is 2. The average molecular weight is 539 g/mol. The van der Waals surface area contributed by atoms with Gasteiger partial charge in [0.05, 0.1) is 18.8 Å². The molecule has 4 rings (SSSR count). The minimum atomic E-state index is -0.900. The predicted octanol–water partition coefficient (Wildman–Crippen LogP) is 5.13. The Morgan fingerprint density at radius 2 is 1.72 bits per heavy atom. The molecule has 39 heavy (non-hydrogen) atoms. The number of aliphatic hydroxyl groups excluding tert-OH is 1. The fraction of sp³-hybridized carbons (Fsp3) is 0.548. The SMILES string of the molecule is CC(=O)O[C@@H](C)C(=O)Nc1cccc([C@H]2O[C@@H](CN3CCCCCCC3)[C@@H](C)[C@@H](c3ccc(CO)cc3)O2)c1. The molecule has 2 heterocycles. The van der Waals surface area contributed by atoms with Gasteiger partial charge in [-0.2, -0.15) is 0 Å². The maximum Gasteiger partial charge on any atom is 0.303 e. The van der Waals surface area contributed by atoms with Crippen molar-refractivity contribution in [2.45, 2.75) is 84.1 Å². The third-order valence-corrected chi connectivity index (χ3v) is 7.65. The largest absolute Gasteiger partial charge is 0.453 e. The third-order valence-electron chi connectivity index (χ3n) is 7.65. The van der Waals surface area contributed by atoms with E-state index in [-0.39, 0.29) is 24.7 Å². The Labute approximate surface area is 231 Å². The lowest BCUT2D eigenvalue weighted by Gasteiger charge is -2.43. The van der Waals surface area contributed by atoms with E-state index < -0.39 is 24.3 Å². The Balaban J connectivity index is 1.55. The number of nitrogens with zero attached hydrogens (tertiary/aromatic N) is 1. The van der Waals surface area contributed by atoms with Gasteiger partial charge < -0.3 is 29.5 Å². The molecular formula is C31H42N2O6. The monoisotopic (exact) mass is 538 g/mol. The van der Waals surface area contributed by atoms with Crippen molar-refractivity contribution < 1.29 is 28.9 Å². The molecule has 5 atom stereocenters. The van der Waals surface area contributed by atoms with Crippen LogP contribution >= 0.6 is 0 Å². The van der Waals surface area contributed by atoms with Crippen LogP contribution in [0.3, 0.4) is 0 Å². The van der Waals surface area contributed by atoms with E-state index in [2.05, 4.69) is 17.1 Å². The van der Waals surface area contributed by atoms with Gasteiger partial charge in [0, 0.05) is 30.6 Å². The summed E-state index contributed by atoms with van der Waals surface area (Å²) < 4.78 is 18.2. The van der Waals surface area contributed by atoms with Crippen LogP contribution in [0.5, 0.6) is 0 Å². The van der Waals surface area contributed by atoms with Crippen LogP contribution < -0.4 is 5.32 Å². The first kappa shape index (κ1) is 29.2. The number of ether oxygens (including phenoxy) is 3. The molecule has 0 saturated carbocycles. The number of esters is 1. The minimum absolute atomic E-state index is 0.000730. The summed E-state index contributed by atoms with van der Waals surface area (Å²) in [6.45, 7) is 7.99. The highest BCUT2D eigenvalue weighted by Gasteiger charge is 2.39. The second kappa shape index (κ2) is 14.0. The number of aliphatic hydroxyl groups is 1. The van der Waals surface area contributed by atoms with Gasteiger partial charge in [-0.15, -0.1) is 0 Å². The molecule has 212 valence electrons. The van der Waals surface area contributed by atoms with Crippen molar-refractivity contribution >= 4 is 17.6 Å². The zero-order valence-corrected chi connectivity index (χ0v) is 23.3. The van der Waals surface area contributed by atoms with Gasteiger partial charge in [0.1, 0.15) is 0 Å². The fourth-order valence-corrected chi connectivity index (χ4v) is 5.39. The van der Waals surface area contributed by atoms with Crippen LogP contribution in [0, 0.1) is 5.92 Å². The molecule has 2 saturated heterocycles. The molecule has 2 N–H and O–H groups in total. The topological polar surface area (TPSA) is 97.3 Å². The molecule has 2 fully saturated rings. The number of hydrogen-bond acceptors (Lipinski definition) is 7. The van der Waals surface area contributed by atoms with Gasteiger partial charge in [0.2, 0.25) is 0 Å². The van der Waals surface area contributed by atoms with E-state index in [0.717, 1.165) is 36.3 Å². The van der Waals surface area contributed by atoms with Crippen molar-refractivity contribution in [1.29, 1.82) is 0 Å². The molecule has 0 aromatic heterocycles. The van der Waals surface area contributed by atoms with Crippen LogP contribution in [0.1, 0.15) is 82.0 Å². The summed E-state index contributed by atoms with van der Waals surface area (Å²) in [5.74, 6) is -0.800. The molecule has 2 aromatic carbocycles. The second-order valence-corrected chi connectivity index (χ2v) is 10.8. The highest BCUT2D eigenvalue weighted by molar-refractivity contribution is 5.95. The van der Waals surface area contributed by atoms with Crippen LogP contribution in [-0.2, 0) is 30.4 Å². The van der Waals surface area contributed by atoms with Gasteiger partial charge in [-0.05, 0) is 56.1 Å². The second-order valence-electron chi connectivity index (χ2n) is 10.8. The predicted molar refractivity (Wildman–Crippen MR) is 149 cm³/mol. The lowest BCUT2D eigenvalue weighted by Crippen LogP contribution is -2.45. The quantitative estimate of drug-likeness (QED) is 0.450. The van der Waals surface area contributed by atoms with Crippen LogP contribution in [-0.4, -0.2) is 53.7 Å². The normalized spacial score (nSPS) is 25.2. The van der Waals surface area contributed by atoms with E-state index in [1.165, 1.54) is 46.0 Å². The van der Waals surface area contributed by atoms with E-state index in [4.69, 9.17) is 14.2 Å². The summed E-state index contributed by atoms with van der Waals surface area (Å²) in [5, 5.41) is 12.3. The zero-order valence-electron chi connectivity index (χ0n) is 23.3. The lowest BCUT2D eigenvalue weighted by atomic mass is 9.89. The summed E-state index contributed by atoms with van der Waals surface area (Å²) in [6, 6.07) is 15.3. The van der Waals surface area contributed by atoms with Gasteiger partial charge in [-0.25, -0.2) is 0 Å². The van der Waals surface area contributed by atoms with Crippen LogP contribution in [0.2, 0.25) is 0 Å². The molecule has 2 aromatic rings. The number of benzene rings is 2. The Hall–Kier alpha value is -2.78. The van der Waals surface area contributed by atoms with E-state index in [9.17, 15) is 14.7 Å². The molecule has 8 heteroatoms. The first-order chi connectivity index (χ1) is 18.8. The van der Waals surface area contributed by atoms with Crippen LogP contribution in [0.4, 0.5) is 5.69 Å². The number of carbonyl (C=O) groups is 2. The highest BCUT2D eigenvalue weighted by atomic mass is 16.7. The number of carbonyl (C=O) groups excluding carboxylic acids is 2. The standard InChI is InChI=1S/C31H42N2O6/c1-21-28(19-33-16-7-5-4-6-8-17-33)38-31(39-29(21)25-14-12-24(20-34)13-15-25)26-10-9-11-27(18-26)32-30(36)22(2)37-23(3)35/h9-15,18,21-22,28-29,31,34H,4-8,16-17,19-20H2,1-3H3,(H,32,36)/t21-,22+,28+,29+,31+/m1/s1. The number of anilines is 1. The zero-order chi connectivity index (χ0) is 27.8.